The molecule has 0 saturated heterocycles. The molecule has 2 nitrogen and oxygen atoms in total. The predicted octanol–water partition coefficient (Wildman–Crippen LogP) is 2.65. The minimum absolute atomic E-state index is 0.167. The van der Waals surface area contributed by atoms with Gasteiger partial charge in [0.2, 0.25) is 0 Å². The molecule has 2 fully saturated rings. The van der Waals surface area contributed by atoms with Crippen molar-refractivity contribution >= 4 is 5.78 Å². The standard InChI is InChI=1S/C13H23NO/c14-12(10-7-8-10)9-13(15)11-5-3-1-2-4-6-11/h10-12H,1-9,14H2. The largest absolute Gasteiger partial charge is 0.327 e. The zero-order valence-corrected chi connectivity index (χ0v) is 9.58. The minimum Gasteiger partial charge on any atom is -0.327 e. The molecule has 2 aliphatic rings. The maximum absolute atomic E-state index is 12.0. The van der Waals surface area contributed by atoms with E-state index in [-0.39, 0.29) is 6.04 Å². The molecule has 0 spiro atoms. The summed E-state index contributed by atoms with van der Waals surface area (Å²) in [5, 5.41) is 0. The van der Waals surface area contributed by atoms with Gasteiger partial charge in [-0.25, -0.2) is 0 Å². The van der Waals surface area contributed by atoms with Crippen LogP contribution in [0, 0.1) is 11.8 Å². The van der Waals surface area contributed by atoms with E-state index in [1.54, 1.807) is 0 Å². The number of Topliss-reactive ketones (excluding diaryl/α,β-unsaturated/α-hetero) is 1. The highest BCUT2D eigenvalue weighted by atomic mass is 16.1. The lowest BCUT2D eigenvalue weighted by atomic mass is 9.91. The molecule has 2 heteroatoms. The molecule has 0 heterocycles. The fourth-order valence-electron chi connectivity index (χ4n) is 2.69. The Morgan fingerprint density at radius 2 is 1.67 bits per heavy atom. The van der Waals surface area contributed by atoms with Crippen molar-refractivity contribution in [3.05, 3.63) is 0 Å². The SMILES string of the molecule is NC(CC(=O)C1CCCCCC1)C1CC1. The van der Waals surface area contributed by atoms with Gasteiger partial charge in [0.05, 0.1) is 0 Å². The zero-order chi connectivity index (χ0) is 10.7. The summed E-state index contributed by atoms with van der Waals surface area (Å²) >= 11 is 0. The lowest BCUT2D eigenvalue weighted by Crippen LogP contribution is -2.29. The van der Waals surface area contributed by atoms with Crippen LogP contribution in [0.15, 0.2) is 0 Å². The molecular formula is C13H23NO. The monoisotopic (exact) mass is 209 g/mol. The van der Waals surface area contributed by atoms with Crippen LogP contribution in [-0.4, -0.2) is 11.8 Å². The average Bonchev–Trinajstić information content (AvgIpc) is 3.05. The molecule has 0 amide bonds. The molecule has 0 aliphatic heterocycles. The molecule has 2 saturated carbocycles. The van der Waals surface area contributed by atoms with Crippen molar-refractivity contribution in [1.29, 1.82) is 0 Å². The average molecular weight is 209 g/mol. The highest BCUT2D eigenvalue weighted by Gasteiger charge is 2.31. The number of nitrogens with two attached hydrogens (primary N) is 1. The first-order valence-electron chi connectivity index (χ1n) is 6.55. The van der Waals surface area contributed by atoms with Gasteiger partial charge in [0.1, 0.15) is 5.78 Å². The third-order valence-corrected chi connectivity index (χ3v) is 3.97. The summed E-state index contributed by atoms with van der Waals surface area (Å²) in [5.74, 6) is 1.47. The van der Waals surface area contributed by atoms with Gasteiger partial charge in [0, 0.05) is 18.4 Å². The van der Waals surface area contributed by atoms with E-state index in [2.05, 4.69) is 0 Å². The Balaban J connectivity index is 1.77. The van der Waals surface area contributed by atoms with Gasteiger partial charge in [-0.05, 0) is 31.6 Å². The zero-order valence-electron chi connectivity index (χ0n) is 9.58. The molecule has 0 aromatic carbocycles. The summed E-state index contributed by atoms with van der Waals surface area (Å²) in [7, 11) is 0. The van der Waals surface area contributed by atoms with Crippen molar-refractivity contribution in [3.8, 4) is 0 Å². The molecule has 0 aromatic heterocycles. The van der Waals surface area contributed by atoms with E-state index in [0.29, 0.717) is 24.0 Å². The molecule has 0 bridgehead atoms. The molecule has 86 valence electrons. The van der Waals surface area contributed by atoms with E-state index in [1.807, 2.05) is 0 Å². The van der Waals surface area contributed by atoms with Gasteiger partial charge in [-0.2, -0.15) is 0 Å². The van der Waals surface area contributed by atoms with Gasteiger partial charge in [0.15, 0.2) is 0 Å². The van der Waals surface area contributed by atoms with E-state index in [9.17, 15) is 4.79 Å². The minimum atomic E-state index is 0.167. The molecule has 1 atom stereocenters. The molecular weight excluding hydrogens is 186 g/mol. The second-order valence-electron chi connectivity index (χ2n) is 5.36. The van der Waals surface area contributed by atoms with Crippen molar-refractivity contribution in [2.24, 2.45) is 17.6 Å². The first-order chi connectivity index (χ1) is 7.27. The fourth-order valence-corrected chi connectivity index (χ4v) is 2.69. The van der Waals surface area contributed by atoms with Crippen LogP contribution >= 0.6 is 0 Å². The number of rotatable bonds is 4. The van der Waals surface area contributed by atoms with Crippen molar-refractivity contribution in [1.82, 2.24) is 0 Å². The van der Waals surface area contributed by atoms with E-state index in [0.717, 1.165) is 12.8 Å². The third-order valence-electron chi connectivity index (χ3n) is 3.97. The van der Waals surface area contributed by atoms with E-state index in [4.69, 9.17) is 5.73 Å². The van der Waals surface area contributed by atoms with Crippen LogP contribution in [0.25, 0.3) is 0 Å². The Morgan fingerprint density at radius 1 is 1.07 bits per heavy atom. The summed E-state index contributed by atoms with van der Waals surface area (Å²) in [6, 6.07) is 0.167. The van der Waals surface area contributed by atoms with Gasteiger partial charge in [-0.3, -0.25) is 4.79 Å². The van der Waals surface area contributed by atoms with E-state index < -0.39 is 0 Å². The van der Waals surface area contributed by atoms with Crippen LogP contribution in [0.3, 0.4) is 0 Å². The van der Waals surface area contributed by atoms with Crippen molar-refractivity contribution in [2.45, 2.75) is 63.8 Å². The van der Waals surface area contributed by atoms with Crippen LogP contribution in [0.1, 0.15) is 57.8 Å². The maximum atomic E-state index is 12.0. The quantitative estimate of drug-likeness (QED) is 0.723. The smallest absolute Gasteiger partial charge is 0.137 e. The number of carbonyl (C=O) groups excluding carboxylic acids is 1. The lowest BCUT2D eigenvalue weighted by Gasteiger charge is -2.15. The maximum Gasteiger partial charge on any atom is 0.137 e. The summed E-state index contributed by atoms with van der Waals surface area (Å²) in [5.41, 5.74) is 6.00. The van der Waals surface area contributed by atoms with Gasteiger partial charge in [-0.15, -0.1) is 0 Å². The second kappa shape index (κ2) is 5.11. The number of ketones is 1. The molecule has 0 aromatic rings. The number of hydrogen-bond acceptors (Lipinski definition) is 2. The second-order valence-corrected chi connectivity index (χ2v) is 5.36. The normalized spacial score (nSPS) is 25.9. The fraction of sp³-hybridized carbons (Fsp3) is 0.923. The Hall–Kier alpha value is -0.370. The Bertz CT molecular complexity index is 215. The molecule has 2 rings (SSSR count). The summed E-state index contributed by atoms with van der Waals surface area (Å²) < 4.78 is 0. The van der Waals surface area contributed by atoms with Gasteiger partial charge < -0.3 is 5.73 Å². The Kier molecular flexibility index (Phi) is 3.79. The molecule has 15 heavy (non-hydrogen) atoms. The molecule has 0 radical (unpaired) electrons. The highest BCUT2D eigenvalue weighted by molar-refractivity contribution is 5.81. The summed E-state index contributed by atoms with van der Waals surface area (Å²) in [4.78, 5) is 12.0. The van der Waals surface area contributed by atoms with Gasteiger partial charge >= 0.3 is 0 Å². The van der Waals surface area contributed by atoms with Gasteiger partial charge in [0.25, 0.3) is 0 Å². The van der Waals surface area contributed by atoms with Crippen LogP contribution in [0.4, 0.5) is 0 Å². The van der Waals surface area contributed by atoms with E-state index in [1.165, 1.54) is 38.5 Å². The Morgan fingerprint density at radius 3 is 2.20 bits per heavy atom. The van der Waals surface area contributed by atoms with Crippen LogP contribution in [-0.2, 0) is 4.79 Å². The third kappa shape index (κ3) is 3.30. The highest BCUT2D eigenvalue weighted by Crippen LogP contribution is 2.34. The number of hydrogen-bond donors (Lipinski definition) is 1. The van der Waals surface area contributed by atoms with Gasteiger partial charge in [-0.1, -0.05) is 25.7 Å². The first-order valence-corrected chi connectivity index (χ1v) is 6.55. The van der Waals surface area contributed by atoms with Crippen molar-refractivity contribution in [2.75, 3.05) is 0 Å². The topological polar surface area (TPSA) is 43.1 Å². The van der Waals surface area contributed by atoms with E-state index >= 15 is 0 Å². The van der Waals surface area contributed by atoms with Crippen molar-refractivity contribution in [3.63, 3.8) is 0 Å². The molecule has 2 N–H and O–H groups in total. The molecule has 1 unspecified atom stereocenters. The predicted molar refractivity (Wildman–Crippen MR) is 61.5 cm³/mol. The first kappa shape index (κ1) is 11.1. The Labute approximate surface area is 92.6 Å². The van der Waals surface area contributed by atoms with Crippen LogP contribution in [0.5, 0.6) is 0 Å². The summed E-state index contributed by atoms with van der Waals surface area (Å²) in [6.07, 6.45) is 10.5. The molecule has 2 aliphatic carbocycles. The van der Waals surface area contributed by atoms with Crippen molar-refractivity contribution < 1.29 is 4.79 Å². The number of carbonyl (C=O) groups is 1. The lowest BCUT2D eigenvalue weighted by molar-refractivity contribution is -0.123. The van der Waals surface area contributed by atoms with Crippen LogP contribution in [0.2, 0.25) is 0 Å². The van der Waals surface area contributed by atoms with Crippen LogP contribution < -0.4 is 5.73 Å². The summed E-state index contributed by atoms with van der Waals surface area (Å²) in [6.45, 7) is 0.